The highest BCUT2D eigenvalue weighted by atomic mass is 32.2. The number of methoxy groups -OCH3 is 1. The van der Waals surface area contributed by atoms with Gasteiger partial charge in [0.25, 0.3) is 0 Å². The zero-order valence-electron chi connectivity index (χ0n) is 11.6. The quantitative estimate of drug-likeness (QED) is 0.803. The fourth-order valence-electron chi connectivity index (χ4n) is 3.36. The number of carbonyl (C=O) groups excluding carboxylic acids is 1. The van der Waals surface area contributed by atoms with Gasteiger partial charge in [-0.2, -0.15) is 0 Å². The van der Waals surface area contributed by atoms with Gasteiger partial charge in [-0.3, -0.25) is 9.00 Å². The van der Waals surface area contributed by atoms with E-state index in [2.05, 4.69) is 4.98 Å². The van der Waals surface area contributed by atoms with E-state index in [1.54, 1.807) is 25.4 Å². The van der Waals surface area contributed by atoms with Crippen LogP contribution in [-0.4, -0.2) is 32.6 Å². The largest absolute Gasteiger partial charge is 0.481 e. The Labute approximate surface area is 121 Å². The van der Waals surface area contributed by atoms with Crippen molar-refractivity contribution in [2.24, 2.45) is 5.92 Å². The number of hydrogen-bond donors (Lipinski definition) is 0. The number of fused-ring (bicyclic) bond motifs is 2. The van der Waals surface area contributed by atoms with Crippen molar-refractivity contribution in [1.82, 2.24) is 4.98 Å². The average molecular weight is 293 g/mol. The summed E-state index contributed by atoms with van der Waals surface area (Å²) in [5.74, 6) is 0.629. The van der Waals surface area contributed by atoms with Crippen molar-refractivity contribution in [3.8, 4) is 5.88 Å². The first kappa shape index (κ1) is 13.7. The first-order valence-electron chi connectivity index (χ1n) is 7.12. The summed E-state index contributed by atoms with van der Waals surface area (Å²) in [7, 11) is 0.822. The molecule has 4 nitrogen and oxygen atoms in total. The topological polar surface area (TPSA) is 56.3 Å². The number of hydrogen-bond acceptors (Lipinski definition) is 4. The molecule has 2 aliphatic heterocycles. The van der Waals surface area contributed by atoms with Gasteiger partial charge >= 0.3 is 0 Å². The Morgan fingerprint density at radius 2 is 2.05 bits per heavy atom. The Kier molecular flexibility index (Phi) is 3.87. The van der Waals surface area contributed by atoms with Gasteiger partial charge in [0.15, 0.2) is 5.78 Å². The van der Waals surface area contributed by atoms with Crippen molar-refractivity contribution in [2.45, 2.75) is 42.6 Å². The zero-order chi connectivity index (χ0) is 14.1. The van der Waals surface area contributed by atoms with E-state index in [0.717, 1.165) is 32.1 Å². The molecule has 1 aromatic heterocycles. The van der Waals surface area contributed by atoms with E-state index >= 15 is 0 Å². The molecular weight excluding hydrogens is 274 g/mol. The summed E-state index contributed by atoms with van der Waals surface area (Å²) in [4.78, 5) is 16.7. The molecule has 2 atom stereocenters. The molecular formula is C15H19NO3S. The van der Waals surface area contributed by atoms with Gasteiger partial charge in [0.1, 0.15) is 0 Å². The molecule has 0 aromatic carbocycles. The summed E-state index contributed by atoms with van der Waals surface area (Å²) < 4.78 is 17.3. The lowest BCUT2D eigenvalue weighted by molar-refractivity contribution is 0.0895. The van der Waals surface area contributed by atoms with Gasteiger partial charge in [-0.05, 0) is 31.7 Å². The van der Waals surface area contributed by atoms with E-state index in [4.69, 9.17) is 4.74 Å². The van der Waals surface area contributed by atoms with Gasteiger partial charge in [-0.25, -0.2) is 4.98 Å². The smallest absolute Gasteiger partial charge is 0.213 e. The highest BCUT2D eigenvalue weighted by Gasteiger charge is 2.40. The van der Waals surface area contributed by atoms with Crippen LogP contribution in [0.3, 0.4) is 0 Å². The molecule has 0 amide bonds. The van der Waals surface area contributed by atoms with Crippen molar-refractivity contribution in [1.29, 1.82) is 0 Å². The molecule has 2 bridgehead atoms. The molecule has 0 radical (unpaired) electrons. The zero-order valence-corrected chi connectivity index (χ0v) is 12.4. The molecule has 0 spiro atoms. The highest BCUT2D eigenvalue weighted by Crippen LogP contribution is 2.38. The molecule has 2 saturated heterocycles. The van der Waals surface area contributed by atoms with Crippen molar-refractivity contribution in [2.75, 3.05) is 7.11 Å². The molecule has 1 aromatic rings. The van der Waals surface area contributed by atoms with Crippen molar-refractivity contribution >= 4 is 16.6 Å². The predicted molar refractivity (Wildman–Crippen MR) is 77.4 cm³/mol. The number of ketones is 1. The number of nitrogens with zero attached hydrogens (tertiary/aromatic N) is 1. The molecule has 3 heterocycles. The average Bonchev–Trinajstić information content (AvgIpc) is 2.46. The molecule has 2 aliphatic rings. The Balaban J connectivity index is 1.79. The van der Waals surface area contributed by atoms with Crippen LogP contribution in [-0.2, 0) is 10.8 Å². The summed E-state index contributed by atoms with van der Waals surface area (Å²) in [5.41, 5.74) is 0.660. The van der Waals surface area contributed by atoms with Crippen LogP contribution in [0.4, 0.5) is 0 Å². The lowest BCUT2D eigenvalue weighted by atomic mass is 9.84. The molecule has 2 unspecified atom stereocenters. The molecule has 0 aliphatic carbocycles. The number of aromatic nitrogens is 1. The van der Waals surface area contributed by atoms with Gasteiger partial charge in [0.05, 0.1) is 7.11 Å². The van der Waals surface area contributed by atoms with Crippen molar-refractivity contribution < 1.29 is 13.7 Å². The molecule has 0 saturated carbocycles. The van der Waals surface area contributed by atoms with E-state index in [1.165, 1.54) is 0 Å². The summed E-state index contributed by atoms with van der Waals surface area (Å²) >= 11 is 0. The fourth-order valence-corrected chi connectivity index (χ4v) is 5.54. The molecule has 20 heavy (non-hydrogen) atoms. The van der Waals surface area contributed by atoms with Crippen molar-refractivity contribution in [3.05, 3.63) is 23.9 Å². The third-order valence-electron chi connectivity index (χ3n) is 4.40. The minimum Gasteiger partial charge on any atom is -0.481 e. The Hall–Kier alpha value is -1.23. The second kappa shape index (κ2) is 5.64. The van der Waals surface area contributed by atoms with E-state index in [9.17, 15) is 9.00 Å². The van der Waals surface area contributed by atoms with Gasteiger partial charge in [-0.1, -0.05) is 6.42 Å². The van der Waals surface area contributed by atoms with Gasteiger partial charge < -0.3 is 4.74 Å². The Morgan fingerprint density at radius 1 is 1.35 bits per heavy atom. The van der Waals surface area contributed by atoms with E-state index in [-0.39, 0.29) is 22.2 Å². The first-order chi connectivity index (χ1) is 9.69. The van der Waals surface area contributed by atoms with Crippen molar-refractivity contribution in [3.63, 3.8) is 0 Å². The highest BCUT2D eigenvalue weighted by molar-refractivity contribution is 7.86. The second-order valence-corrected chi connectivity index (χ2v) is 7.61. The summed E-state index contributed by atoms with van der Waals surface area (Å²) in [6, 6.07) is 3.44. The van der Waals surface area contributed by atoms with Crippen LogP contribution in [0.2, 0.25) is 0 Å². The maximum atomic E-state index is 12.6. The predicted octanol–water partition coefficient (Wildman–Crippen LogP) is 2.35. The van der Waals surface area contributed by atoms with E-state index in [0.29, 0.717) is 11.4 Å². The second-order valence-electron chi connectivity index (χ2n) is 5.62. The summed E-state index contributed by atoms with van der Waals surface area (Å²) in [6.45, 7) is 0. The molecule has 5 heteroatoms. The van der Waals surface area contributed by atoms with Crippen LogP contribution in [0.15, 0.2) is 18.3 Å². The lowest BCUT2D eigenvalue weighted by Gasteiger charge is -2.37. The summed E-state index contributed by atoms with van der Waals surface area (Å²) in [6.07, 6.45) is 6.32. The van der Waals surface area contributed by atoms with Gasteiger partial charge in [0.2, 0.25) is 5.88 Å². The third-order valence-corrected chi connectivity index (χ3v) is 6.57. The minimum absolute atomic E-state index is 0.00936. The SMILES string of the molecule is COc1cc(C(=O)C2CC3CCCC(C2)S3=O)ccn1. The fraction of sp³-hybridized carbons (Fsp3) is 0.600. The normalized spacial score (nSPS) is 32.6. The Bertz CT molecular complexity index is 530. The monoisotopic (exact) mass is 293 g/mol. The van der Waals surface area contributed by atoms with Gasteiger partial charge in [-0.15, -0.1) is 0 Å². The number of pyridine rings is 1. The maximum Gasteiger partial charge on any atom is 0.213 e. The van der Waals surface area contributed by atoms with Crippen LogP contribution in [0.5, 0.6) is 5.88 Å². The molecule has 0 N–H and O–H groups in total. The molecule has 2 fully saturated rings. The number of rotatable bonds is 3. The standard InChI is InChI=1S/C15H19NO3S/c1-19-14-9-10(5-6-16-14)15(17)11-7-12-3-2-4-13(8-11)20(12)18/h5-6,9,11-13H,2-4,7-8H2,1H3. The number of Topliss-reactive ketones (excluding diaryl/α,β-unsaturated/α-hetero) is 1. The van der Waals surface area contributed by atoms with E-state index in [1.807, 2.05) is 0 Å². The number of ether oxygens (including phenoxy) is 1. The van der Waals surface area contributed by atoms with Crippen LogP contribution in [0.25, 0.3) is 0 Å². The maximum absolute atomic E-state index is 12.6. The molecule has 108 valence electrons. The van der Waals surface area contributed by atoms with Gasteiger partial charge in [0, 0.05) is 45.0 Å². The van der Waals surface area contributed by atoms with Crippen LogP contribution < -0.4 is 4.74 Å². The van der Waals surface area contributed by atoms with E-state index < -0.39 is 10.8 Å². The first-order valence-corrected chi connectivity index (χ1v) is 8.40. The Morgan fingerprint density at radius 3 is 2.70 bits per heavy atom. The van der Waals surface area contributed by atoms with Crippen LogP contribution in [0, 0.1) is 5.92 Å². The van der Waals surface area contributed by atoms with Crippen LogP contribution in [0.1, 0.15) is 42.5 Å². The third kappa shape index (κ3) is 2.51. The summed E-state index contributed by atoms with van der Waals surface area (Å²) in [5, 5.41) is 0.445. The van der Waals surface area contributed by atoms with Crippen LogP contribution >= 0.6 is 0 Å². The molecule has 3 rings (SSSR count). The number of carbonyl (C=O) groups is 1. The minimum atomic E-state index is -0.725. The lowest BCUT2D eigenvalue weighted by Crippen LogP contribution is -2.41.